The van der Waals surface area contributed by atoms with E-state index < -0.39 is 36.6 Å². The molecule has 0 spiro atoms. The number of fused-ring (bicyclic) bond motifs is 1. The van der Waals surface area contributed by atoms with Crippen LogP contribution in [0.2, 0.25) is 0 Å². The lowest BCUT2D eigenvalue weighted by atomic mass is 9.55. The third-order valence-electron chi connectivity index (χ3n) is 10.2. The molecule has 1 aliphatic carbocycles. The van der Waals surface area contributed by atoms with E-state index in [0.717, 1.165) is 60.6 Å². The van der Waals surface area contributed by atoms with Crippen LogP contribution in [0.5, 0.6) is 0 Å². The standard InChI is InChI=1S/C30H44B2N2O5/c1-27(2)28(3,4)37-31(36-27)25(20-12-11-13-20)26(32-38-29(5,6)30(7,8)39-32)21-15-16-23-22(18-21)19-33-34(23)24-14-9-10-17-35-24/h15-16,18-20,24H,9-14,17H2,1-8H3. The zero-order chi connectivity index (χ0) is 27.8. The molecular formula is C30H44B2N2O5. The highest BCUT2D eigenvalue weighted by atomic mass is 16.7. The molecule has 1 aromatic carbocycles. The molecule has 3 aliphatic heterocycles. The van der Waals surface area contributed by atoms with Crippen molar-refractivity contribution >= 4 is 30.6 Å². The van der Waals surface area contributed by atoms with Crippen molar-refractivity contribution in [2.75, 3.05) is 6.61 Å². The Morgan fingerprint density at radius 3 is 1.95 bits per heavy atom. The molecule has 3 saturated heterocycles. The first kappa shape index (κ1) is 27.5. The molecule has 6 rings (SSSR count). The van der Waals surface area contributed by atoms with E-state index in [-0.39, 0.29) is 6.23 Å². The van der Waals surface area contributed by atoms with E-state index in [9.17, 15) is 0 Å². The fourth-order valence-electron chi connectivity index (χ4n) is 6.00. The van der Waals surface area contributed by atoms with E-state index in [2.05, 4.69) is 73.6 Å². The highest BCUT2D eigenvalue weighted by Crippen LogP contribution is 2.49. The van der Waals surface area contributed by atoms with Gasteiger partial charge in [-0.25, -0.2) is 4.68 Å². The number of rotatable bonds is 5. The van der Waals surface area contributed by atoms with E-state index in [1.54, 1.807) is 0 Å². The molecule has 0 bridgehead atoms. The van der Waals surface area contributed by atoms with Crippen molar-refractivity contribution in [2.24, 2.45) is 5.92 Å². The van der Waals surface area contributed by atoms with Crippen LogP contribution < -0.4 is 0 Å². The van der Waals surface area contributed by atoms with Crippen molar-refractivity contribution in [3.8, 4) is 0 Å². The van der Waals surface area contributed by atoms with Gasteiger partial charge in [-0.05, 0) is 122 Å². The molecular weight excluding hydrogens is 490 g/mol. The topological polar surface area (TPSA) is 64.0 Å². The second-order valence-corrected chi connectivity index (χ2v) is 13.9. The van der Waals surface area contributed by atoms with Gasteiger partial charge in [-0.1, -0.05) is 12.5 Å². The predicted molar refractivity (Wildman–Crippen MR) is 155 cm³/mol. The van der Waals surface area contributed by atoms with Crippen LogP contribution in [0.15, 0.2) is 29.9 Å². The zero-order valence-corrected chi connectivity index (χ0v) is 25.0. The van der Waals surface area contributed by atoms with Gasteiger partial charge in [0.2, 0.25) is 0 Å². The number of nitrogens with zero attached hydrogens (tertiary/aromatic N) is 2. The molecule has 4 heterocycles. The average molecular weight is 534 g/mol. The average Bonchev–Trinajstić information content (AvgIpc) is 3.41. The summed E-state index contributed by atoms with van der Waals surface area (Å²) < 4.78 is 34.9. The van der Waals surface area contributed by atoms with Gasteiger partial charge < -0.3 is 23.4 Å². The van der Waals surface area contributed by atoms with Gasteiger partial charge in [-0.3, -0.25) is 0 Å². The molecule has 0 radical (unpaired) electrons. The molecule has 39 heavy (non-hydrogen) atoms. The van der Waals surface area contributed by atoms with Crippen molar-refractivity contribution in [1.82, 2.24) is 9.78 Å². The SMILES string of the molecule is CC1(C)OB(C(=C(B2OC(C)(C)C(C)(C)O2)C2CCC2)c2ccc3c(cnn3C3CCCCO3)c2)OC1(C)C. The first-order valence-corrected chi connectivity index (χ1v) is 14.8. The Morgan fingerprint density at radius 2 is 1.41 bits per heavy atom. The van der Waals surface area contributed by atoms with Gasteiger partial charge in [-0.15, -0.1) is 0 Å². The van der Waals surface area contributed by atoms with Crippen molar-refractivity contribution in [2.45, 2.75) is 123 Å². The van der Waals surface area contributed by atoms with Crippen LogP contribution in [0.3, 0.4) is 0 Å². The maximum absolute atomic E-state index is 6.72. The lowest BCUT2D eigenvalue weighted by Gasteiger charge is -2.33. The third-order valence-corrected chi connectivity index (χ3v) is 10.2. The molecule has 7 nitrogen and oxygen atoms in total. The molecule has 1 saturated carbocycles. The van der Waals surface area contributed by atoms with Crippen LogP contribution >= 0.6 is 0 Å². The van der Waals surface area contributed by atoms with Gasteiger partial charge in [0.05, 0.1) is 34.1 Å². The smallest absolute Gasteiger partial charge is 0.400 e. The van der Waals surface area contributed by atoms with Crippen LogP contribution in [-0.4, -0.2) is 53.0 Å². The molecule has 0 amide bonds. The molecule has 1 atom stereocenters. The number of hydrogen-bond acceptors (Lipinski definition) is 6. The van der Waals surface area contributed by atoms with Gasteiger partial charge >= 0.3 is 14.2 Å². The normalized spacial score (nSPS) is 28.6. The van der Waals surface area contributed by atoms with Crippen molar-refractivity contribution in [3.63, 3.8) is 0 Å². The summed E-state index contributed by atoms with van der Waals surface area (Å²) in [5.41, 5.74) is 2.58. The first-order chi connectivity index (χ1) is 18.3. The van der Waals surface area contributed by atoms with Crippen LogP contribution in [0.25, 0.3) is 16.4 Å². The quantitative estimate of drug-likeness (QED) is 0.406. The molecule has 1 aromatic heterocycles. The number of hydrogen-bond donors (Lipinski definition) is 0. The monoisotopic (exact) mass is 534 g/mol. The minimum atomic E-state index is -0.529. The van der Waals surface area contributed by atoms with Gasteiger partial charge in [0, 0.05) is 12.0 Å². The summed E-state index contributed by atoms with van der Waals surface area (Å²) in [6.45, 7) is 17.7. The summed E-state index contributed by atoms with van der Waals surface area (Å²) in [6.07, 6.45) is 8.65. The van der Waals surface area contributed by atoms with Gasteiger partial charge in [-0.2, -0.15) is 5.10 Å². The maximum atomic E-state index is 6.72. The van der Waals surface area contributed by atoms with Crippen molar-refractivity contribution < 1.29 is 23.4 Å². The summed E-state index contributed by atoms with van der Waals surface area (Å²) in [4.78, 5) is 0. The predicted octanol–water partition coefficient (Wildman–Crippen LogP) is 6.55. The Kier molecular flexibility index (Phi) is 6.67. The van der Waals surface area contributed by atoms with E-state index in [4.69, 9.17) is 28.5 Å². The van der Waals surface area contributed by atoms with Gasteiger partial charge in [0.25, 0.3) is 0 Å². The summed E-state index contributed by atoms with van der Waals surface area (Å²) in [7, 11) is -0.984. The molecule has 0 N–H and O–H groups in total. The minimum absolute atomic E-state index is 0.00417. The minimum Gasteiger partial charge on any atom is -0.400 e. The van der Waals surface area contributed by atoms with Crippen LogP contribution in [0, 0.1) is 5.92 Å². The van der Waals surface area contributed by atoms with Crippen LogP contribution in [0.1, 0.15) is 106 Å². The van der Waals surface area contributed by atoms with E-state index in [0.29, 0.717) is 5.92 Å². The van der Waals surface area contributed by atoms with Crippen molar-refractivity contribution in [1.29, 1.82) is 0 Å². The number of benzene rings is 1. The highest BCUT2D eigenvalue weighted by molar-refractivity contribution is 6.74. The van der Waals surface area contributed by atoms with E-state index in [1.807, 2.05) is 10.9 Å². The second-order valence-electron chi connectivity index (χ2n) is 13.9. The summed E-state index contributed by atoms with van der Waals surface area (Å²) >= 11 is 0. The third kappa shape index (κ3) is 4.62. The van der Waals surface area contributed by atoms with Crippen LogP contribution in [0.4, 0.5) is 0 Å². The lowest BCUT2D eigenvalue weighted by Crippen LogP contribution is -2.41. The summed E-state index contributed by atoms with van der Waals surface area (Å²) in [5, 5.41) is 5.83. The molecule has 4 aliphatic rings. The molecule has 9 heteroatoms. The first-order valence-electron chi connectivity index (χ1n) is 14.8. The number of ether oxygens (including phenoxy) is 1. The Morgan fingerprint density at radius 1 is 0.795 bits per heavy atom. The van der Waals surface area contributed by atoms with Crippen molar-refractivity contribution in [3.05, 3.63) is 35.4 Å². The Bertz CT molecular complexity index is 1240. The van der Waals surface area contributed by atoms with E-state index in [1.165, 1.54) is 11.9 Å². The zero-order valence-electron chi connectivity index (χ0n) is 25.0. The Labute approximate surface area is 234 Å². The fraction of sp³-hybridized carbons (Fsp3) is 0.700. The largest absolute Gasteiger partial charge is 0.494 e. The molecule has 1 unspecified atom stereocenters. The molecule has 210 valence electrons. The van der Waals surface area contributed by atoms with Gasteiger partial charge in [0.15, 0.2) is 6.23 Å². The molecule has 2 aromatic rings. The Hall–Kier alpha value is -1.64. The lowest BCUT2D eigenvalue weighted by molar-refractivity contribution is -0.0366. The number of aromatic nitrogens is 2. The highest BCUT2D eigenvalue weighted by Gasteiger charge is 2.58. The van der Waals surface area contributed by atoms with E-state index >= 15 is 0 Å². The maximum Gasteiger partial charge on any atom is 0.494 e. The van der Waals surface area contributed by atoms with Crippen LogP contribution in [-0.2, 0) is 23.4 Å². The van der Waals surface area contributed by atoms with Gasteiger partial charge in [0.1, 0.15) is 0 Å². The number of allylic oxidation sites excluding steroid dienone is 1. The molecule has 4 fully saturated rings. The second kappa shape index (κ2) is 9.45. The summed E-state index contributed by atoms with van der Waals surface area (Å²) in [5.74, 6) is 0.364. The fourth-order valence-corrected chi connectivity index (χ4v) is 6.00. The summed E-state index contributed by atoms with van der Waals surface area (Å²) in [6, 6.07) is 6.59. The Balaban J connectivity index is 1.49.